The summed E-state index contributed by atoms with van der Waals surface area (Å²) in [6.07, 6.45) is 22.5. The van der Waals surface area contributed by atoms with Gasteiger partial charge in [0.05, 0.1) is 57.6 Å². The number of hydrazine groups is 3. The second-order valence-corrected chi connectivity index (χ2v) is 22.9. The summed E-state index contributed by atoms with van der Waals surface area (Å²) >= 11 is 0. The summed E-state index contributed by atoms with van der Waals surface area (Å²) in [6, 6.07) is 16.7. The van der Waals surface area contributed by atoms with Gasteiger partial charge >= 0.3 is 18.1 Å². The number of nitrogens with two attached hydrogens (primary N) is 1. The fraction of sp³-hybridized carbons (Fsp3) is 0.439. The number of rotatable bonds is 26. The normalized spacial score (nSPS) is 11.1. The number of aromatic nitrogens is 1. The molecule has 81 heavy (non-hydrogen) atoms. The Hall–Kier alpha value is -8.42. The highest BCUT2D eigenvalue weighted by atomic mass is 32.2. The minimum Gasteiger partial charge on any atom is -0.340 e. The van der Waals surface area contributed by atoms with Crippen LogP contribution in [0.3, 0.4) is 0 Å². The predicted molar refractivity (Wildman–Crippen MR) is 321 cm³/mol. The first kappa shape index (κ1) is 66.9. The van der Waals surface area contributed by atoms with E-state index in [-0.39, 0.29) is 38.2 Å². The molecular formula is C57H77N15O7S2. The van der Waals surface area contributed by atoms with Gasteiger partial charge in [0.25, 0.3) is 0 Å². The van der Waals surface area contributed by atoms with E-state index in [1.807, 2.05) is 19.1 Å². The largest absolute Gasteiger partial charge is 0.340 e. The highest BCUT2D eigenvalue weighted by Gasteiger charge is 2.22. The number of amides is 6. The number of primary sulfonamides is 1. The Bertz CT molecular complexity index is 3330. The van der Waals surface area contributed by atoms with Gasteiger partial charge in [-0.15, -0.1) is 0 Å². The summed E-state index contributed by atoms with van der Waals surface area (Å²) in [5.41, 5.74) is 18.1. The Balaban J connectivity index is 0.000000345. The number of sulfonamides is 1. The average Bonchev–Trinajstić information content (AvgIpc) is 3.60. The molecule has 0 fully saturated rings. The van der Waals surface area contributed by atoms with Crippen LogP contribution in [-0.2, 0) is 19.9 Å². The molecule has 10 N–H and O–H groups in total. The maximum absolute atomic E-state index is 12.6. The zero-order valence-electron chi connectivity index (χ0n) is 47.4. The van der Waals surface area contributed by atoms with Crippen LogP contribution < -0.4 is 48.3 Å². The zero-order chi connectivity index (χ0) is 60.0. The summed E-state index contributed by atoms with van der Waals surface area (Å²) in [6.45, 7) is 28.6. The van der Waals surface area contributed by atoms with Gasteiger partial charge in [0.1, 0.15) is 6.07 Å². The summed E-state index contributed by atoms with van der Waals surface area (Å²) in [7, 11) is -3.20. The Labute approximate surface area is 477 Å². The molecule has 434 valence electrons. The quantitative estimate of drug-likeness (QED) is 0.0142. The Morgan fingerprint density at radius 2 is 1.20 bits per heavy atom. The molecule has 0 bridgehead atoms. The van der Waals surface area contributed by atoms with Crippen molar-refractivity contribution in [1.82, 2.24) is 36.8 Å². The number of nitrogens with one attached hydrogen (secondary N) is 8. The predicted octanol–water partition coefficient (Wildman–Crippen LogP) is 12.0. The van der Waals surface area contributed by atoms with Gasteiger partial charge in [-0.3, -0.25) is 47.2 Å². The third-order valence-corrected chi connectivity index (χ3v) is 14.9. The van der Waals surface area contributed by atoms with Crippen LogP contribution in [0, 0.1) is 43.9 Å². The summed E-state index contributed by atoms with van der Waals surface area (Å²) in [5, 5.41) is 21.7. The molecule has 0 aliphatic carbocycles. The van der Waals surface area contributed by atoms with Crippen LogP contribution in [-0.4, -0.2) is 78.8 Å². The van der Waals surface area contributed by atoms with Crippen molar-refractivity contribution >= 4 is 93.8 Å². The number of aryl methyl sites for hydroxylation is 1. The van der Waals surface area contributed by atoms with Crippen molar-refractivity contribution < 1.29 is 31.2 Å². The number of fused-ring (bicyclic) bond motifs is 2. The van der Waals surface area contributed by atoms with Crippen molar-refractivity contribution in [3.05, 3.63) is 112 Å². The second-order valence-electron chi connectivity index (χ2n) is 19.4. The van der Waals surface area contributed by atoms with Gasteiger partial charge in [-0.1, -0.05) is 134 Å². The standard InChI is InChI=1S/C30H49N5O3S.C14H15N5O3S.C13H13N5O/c1-6-8-10-12-14-15-17-19-21-25(20-18-16-13-11-9-7-2)24-33-30(36)35-34-28-22-26(31-3)27(32-4)23-29(28)39(5,37)38;1-16-11-8-12(23(15,21)22)13(17-18-14(20)19(2)3)10-7-5-4-6-9(10)11;1-8-6-9(7-14)11(17-18-13(19)15-2)12-10(8)4-3-5-16-12/h22-23,25,34H,6-21,24H2,1-2,5H3,(H2,33,35,36);4-8,17H,2-3H3,(H,18,20)(H2,15,21,22);3-6,17H,1-2H3,(H2,15,18,19). The number of nitrogens with zero attached hydrogens (tertiary/aromatic N) is 6. The smallest absolute Gasteiger partial charge is 0.335 e. The maximum Gasteiger partial charge on any atom is 0.335 e. The molecule has 4 aromatic carbocycles. The lowest BCUT2D eigenvalue weighted by Crippen LogP contribution is -2.41. The van der Waals surface area contributed by atoms with Crippen molar-refractivity contribution in [3.63, 3.8) is 0 Å². The summed E-state index contributed by atoms with van der Waals surface area (Å²) in [5.74, 6) is 0.403. The van der Waals surface area contributed by atoms with E-state index in [0.717, 1.165) is 42.5 Å². The molecule has 1 unspecified atom stereocenters. The van der Waals surface area contributed by atoms with Gasteiger partial charge in [0, 0.05) is 45.5 Å². The molecule has 24 heteroatoms. The molecule has 0 saturated carbocycles. The van der Waals surface area contributed by atoms with Crippen molar-refractivity contribution in [3.8, 4) is 6.07 Å². The number of sulfone groups is 1. The third kappa shape index (κ3) is 22.0. The lowest BCUT2D eigenvalue weighted by Gasteiger charge is -2.19. The summed E-state index contributed by atoms with van der Waals surface area (Å²) < 4.78 is 48.2. The van der Waals surface area contributed by atoms with Crippen LogP contribution >= 0.6 is 0 Å². The Morgan fingerprint density at radius 1 is 0.679 bits per heavy atom. The topological polar surface area (TPSA) is 295 Å². The van der Waals surface area contributed by atoms with E-state index in [9.17, 15) is 36.5 Å². The number of pyridine rings is 1. The van der Waals surface area contributed by atoms with Crippen LogP contribution in [0.5, 0.6) is 0 Å². The first-order valence-electron chi connectivity index (χ1n) is 26.8. The van der Waals surface area contributed by atoms with Gasteiger partial charge in [0.2, 0.25) is 10.0 Å². The number of nitriles is 1. The first-order chi connectivity index (χ1) is 38.7. The van der Waals surface area contributed by atoms with E-state index in [1.165, 1.54) is 122 Å². The number of unbranched alkanes of at least 4 members (excludes halogenated alkanes) is 12. The number of hydrogen-bond acceptors (Lipinski definition) is 12. The van der Waals surface area contributed by atoms with Crippen molar-refractivity contribution in [2.24, 2.45) is 11.1 Å². The number of anilines is 3. The Morgan fingerprint density at radius 3 is 1.73 bits per heavy atom. The highest BCUT2D eigenvalue weighted by Crippen LogP contribution is 2.38. The molecule has 1 heterocycles. The van der Waals surface area contributed by atoms with Gasteiger partial charge in [-0.25, -0.2) is 41.2 Å². The van der Waals surface area contributed by atoms with Crippen LogP contribution in [0.25, 0.3) is 36.2 Å². The fourth-order valence-corrected chi connectivity index (χ4v) is 10.0. The molecular weight excluding hydrogens is 1070 g/mol. The van der Waals surface area contributed by atoms with E-state index in [4.69, 9.17) is 24.9 Å². The third-order valence-electron chi connectivity index (χ3n) is 12.9. The van der Waals surface area contributed by atoms with E-state index >= 15 is 0 Å². The van der Waals surface area contributed by atoms with Gasteiger partial charge in [-0.2, -0.15) is 5.26 Å². The van der Waals surface area contributed by atoms with Crippen molar-refractivity contribution in [2.75, 3.05) is 50.2 Å². The lowest BCUT2D eigenvalue weighted by atomic mass is 9.94. The molecule has 0 radical (unpaired) electrons. The minimum absolute atomic E-state index is 0.0199. The fourth-order valence-electron chi connectivity index (χ4n) is 8.49. The van der Waals surface area contributed by atoms with E-state index in [0.29, 0.717) is 40.0 Å². The number of benzene rings is 4. The first-order valence-corrected chi connectivity index (χ1v) is 30.3. The van der Waals surface area contributed by atoms with Crippen molar-refractivity contribution in [2.45, 2.75) is 133 Å². The van der Waals surface area contributed by atoms with Gasteiger partial charge < -0.3 is 15.5 Å². The van der Waals surface area contributed by atoms with Crippen LogP contribution in [0.4, 0.5) is 48.5 Å². The van der Waals surface area contributed by atoms with E-state index in [2.05, 4.69) is 82.6 Å². The molecule has 1 aromatic heterocycles. The van der Waals surface area contributed by atoms with Crippen LogP contribution in [0.15, 0.2) is 76.7 Å². The summed E-state index contributed by atoms with van der Waals surface area (Å²) in [4.78, 5) is 50.5. The highest BCUT2D eigenvalue weighted by molar-refractivity contribution is 7.91. The molecule has 0 saturated heterocycles. The maximum atomic E-state index is 12.6. The van der Waals surface area contributed by atoms with Gasteiger partial charge in [0.15, 0.2) is 26.9 Å². The molecule has 0 aliphatic heterocycles. The molecule has 6 amide bonds. The van der Waals surface area contributed by atoms with Crippen LogP contribution in [0.2, 0.25) is 0 Å². The Kier molecular flexibility index (Phi) is 28.5. The van der Waals surface area contributed by atoms with Gasteiger partial charge in [-0.05, 0) is 72.4 Å². The molecule has 22 nitrogen and oxygen atoms in total. The molecule has 0 spiro atoms. The van der Waals surface area contributed by atoms with Crippen LogP contribution in [0.1, 0.15) is 128 Å². The van der Waals surface area contributed by atoms with Crippen molar-refractivity contribution in [1.29, 1.82) is 5.26 Å². The number of hydrogen-bond donors (Lipinski definition) is 9. The SMILES string of the molecule is CNC(=O)NNc1c(C#N)cc(C)c2cccnc12.[C-]#[N+]c1cc(NNC(=O)NCC(CCCCCCCC)CCCCCCCCCC)c(S(C)(=O)=O)cc1[N+]#[C-].[C-]#[N+]c1cc(S(N)(=O)=O)c(NNC(=O)N(C)C)c2ccccc12. The monoisotopic (exact) mass is 1150 g/mol. The number of carbonyl (C=O) groups excluding carboxylic acids is 3. The number of urea groups is 3. The zero-order valence-corrected chi connectivity index (χ0v) is 49.0. The molecule has 1 atom stereocenters. The number of carbonyl (C=O) groups is 3. The molecule has 5 aromatic rings. The lowest BCUT2D eigenvalue weighted by molar-refractivity contribution is 0.219. The second kappa shape index (κ2) is 34.6. The molecule has 5 rings (SSSR count). The van der Waals surface area contributed by atoms with E-state index < -0.39 is 38.0 Å². The minimum atomic E-state index is -4.10. The van der Waals surface area contributed by atoms with E-state index in [1.54, 1.807) is 36.5 Å². The average molecular weight is 1150 g/mol. The molecule has 0 aliphatic rings.